The van der Waals surface area contributed by atoms with Crippen molar-refractivity contribution in [2.45, 2.75) is 13.5 Å². The van der Waals surface area contributed by atoms with Gasteiger partial charge in [-0.2, -0.15) is 5.10 Å². The Bertz CT molecular complexity index is 1290. The normalized spacial score (nSPS) is 10.6. The minimum atomic E-state index is -0.952. The van der Waals surface area contributed by atoms with Crippen molar-refractivity contribution in [2.24, 2.45) is 5.10 Å². The van der Waals surface area contributed by atoms with Gasteiger partial charge in [0.25, 0.3) is 5.69 Å². The van der Waals surface area contributed by atoms with Gasteiger partial charge in [-0.3, -0.25) is 19.7 Å². The van der Waals surface area contributed by atoms with E-state index in [1.54, 1.807) is 49.4 Å². The Kier molecular flexibility index (Phi) is 8.36. The van der Waals surface area contributed by atoms with Crippen LogP contribution in [0.5, 0.6) is 11.5 Å². The lowest BCUT2D eigenvalue weighted by atomic mass is 10.1. The second kappa shape index (κ2) is 11.6. The third kappa shape index (κ3) is 7.02. The second-order valence-electron chi connectivity index (χ2n) is 7.23. The fourth-order valence-electron chi connectivity index (χ4n) is 3.05. The van der Waals surface area contributed by atoms with E-state index < -0.39 is 16.7 Å². The number of nitro benzene ring substituents is 1. The number of rotatable bonds is 8. The zero-order valence-corrected chi connectivity index (χ0v) is 19.5. The SMILES string of the molecule is COc1ccc(/C=N/NC(=O)C(=O)Nc2cccc(Cl)c2)cc1COc1ccc([N+](=O)[O-])c(C)c1. The molecule has 0 saturated carbocycles. The first-order valence-electron chi connectivity index (χ1n) is 10.2. The molecular weight excluding hydrogens is 476 g/mol. The third-order valence-electron chi connectivity index (χ3n) is 4.73. The summed E-state index contributed by atoms with van der Waals surface area (Å²) in [6, 6.07) is 16.0. The van der Waals surface area contributed by atoms with Gasteiger partial charge in [0.2, 0.25) is 0 Å². The van der Waals surface area contributed by atoms with Gasteiger partial charge in [0.1, 0.15) is 18.1 Å². The maximum atomic E-state index is 12.0. The van der Waals surface area contributed by atoms with Crippen molar-refractivity contribution < 1.29 is 24.0 Å². The van der Waals surface area contributed by atoms with Crippen molar-refractivity contribution in [2.75, 3.05) is 12.4 Å². The number of benzene rings is 3. The number of nitrogens with one attached hydrogen (secondary N) is 2. The number of carbonyl (C=O) groups is 2. The summed E-state index contributed by atoms with van der Waals surface area (Å²) >= 11 is 5.86. The lowest BCUT2D eigenvalue weighted by Crippen LogP contribution is -2.32. The van der Waals surface area contributed by atoms with E-state index in [1.807, 2.05) is 0 Å². The summed E-state index contributed by atoms with van der Waals surface area (Å²) < 4.78 is 11.1. The molecule has 0 aromatic heterocycles. The number of hydrogen-bond acceptors (Lipinski definition) is 7. The highest BCUT2D eigenvalue weighted by molar-refractivity contribution is 6.39. The zero-order chi connectivity index (χ0) is 25.4. The number of halogens is 1. The van der Waals surface area contributed by atoms with Crippen LogP contribution in [0.25, 0.3) is 0 Å². The quantitative estimate of drug-likeness (QED) is 0.207. The number of methoxy groups -OCH3 is 1. The van der Waals surface area contributed by atoms with Crippen LogP contribution in [0.4, 0.5) is 11.4 Å². The van der Waals surface area contributed by atoms with Gasteiger partial charge in [0, 0.05) is 27.9 Å². The topological polar surface area (TPSA) is 132 Å². The molecule has 0 aliphatic heterocycles. The molecule has 0 spiro atoms. The number of nitrogens with zero attached hydrogens (tertiary/aromatic N) is 2. The van der Waals surface area contributed by atoms with Crippen molar-refractivity contribution in [1.29, 1.82) is 0 Å². The van der Waals surface area contributed by atoms with Gasteiger partial charge in [-0.1, -0.05) is 17.7 Å². The van der Waals surface area contributed by atoms with Gasteiger partial charge in [-0.25, -0.2) is 5.43 Å². The molecule has 0 fully saturated rings. The van der Waals surface area contributed by atoms with Crippen LogP contribution in [0.2, 0.25) is 5.02 Å². The molecule has 10 nitrogen and oxygen atoms in total. The van der Waals surface area contributed by atoms with E-state index >= 15 is 0 Å². The lowest BCUT2D eigenvalue weighted by Gasteiger charge is -2.11. The highest BCUT2D eigenvalue weighted by Crippen LogP contribution is 2.26. The molecule has 0 bridgehead atoms. The summed E-state index contributed by atoms with van der Waals surface area (Å²) in [6.07, 6.45) is 1.36. The van der Waals surface area contributed by atoms with Gasteiger partial charge in [0.05, 0.1) is 18.2 Å². The molecule has 3 rings (SSSR count). The van der Waals surface area contributed by atoms with E-state index in [4.69, 9.17) is 21.1 Å². The van der Waals surface area contributed by atoms with Crippen LogP contribution in [0.3, 0.4) is 0 Å². The monoisotopic (exact) mass is 496 g/mol. The molecule has 11 heteroatoms. The van der Waals surface area contributed by atoms with Crippen molar-refractivity contribution in [3.05, 3.63) is 92.5 Å². The molecule has 2 N–H and O–H groups in total. The number of anilines is 1. The van der Waals surface area contributed by atoms with Gasteiger partial charge < -0.3 is 14.8 Å². The molecule has 0 aliphatic rings. The minimum absolute atomic E-state index is 0.0106. The smallest absolute Gasteiger partial charge is 0.329 e. The van der Waals surface area contributed by atoms with Gasteiger partial charge in [-0.15, -0.1) is 0 Å². The van der Waals surface area contributed by atoms with Crippen LogP contribution in [0.1, 0.15) is 16.7 Å². The largest absolute Gasteiger partial charge is 0.496 e. The lowest BCUT2D eigenvalue weighted by molar-refractivity contribution is -0.385. The number of hydrazone groups is 1. The van der Waals surface area contributed by atoms with E-state index in [0.29, 0.717) is 38.9 Å². The van der Waals surface area contributed by atoms with Gasteiger partial charge >= 0.3 is 11.8 Å². The van der Waals surface area contributed by atoms with Gasteiger partial charge in [-0.05, 0) is 61.0 Å². The van der Waals surface area contributed by atoms with Crippen molar-refractivity contribution in [3.63, 3.8) is 0 Å². The molecule has 3 aromatic rings. The summed E-state index contributed by atoms with van der Waals surface area (Å²) in [6.45, 7) is 1.75. The van der Waals surface area contributed by atoms with Crippen LogP contribution >= 0.6 is 11.6 Å². The van der Waals surface area contributed by atoms with E-state index in [0.717, 1.165) is 0 Å². The summed E-state index contributed by atoms with van der Waals surface area (Å²) in [5.41, 5.74) is 4.32. The molecule has 2 amide bonds. The second-order valence-corrected chi connectivity index (χ2v) is 7.67. The molecule has 3 aromatic carbocycles. The minimum Gasteiger partial charge on any atom is -0.496 e. The molecule has 0 heterocycles. The molecule has 0 radical (unpaired) electrons. The Hall–Kier alpha value is -4.44. The number of nitro groups is 1. The molecule has 180 valence electrons. The Labute approximate surface area is 205 Å². The predicted molar refractivity (Wildman–Crippen MR) is 131 cm³/mol. The third-order valence-corrected chi connectivity index (χ3v) is 4.97. The van der Waals surface area contributed by atoms with Crippen LogP contribution in [0.15, 0.2) is 65.8 Å². The molecule has 0 aliphatic carbocycles. The maximum absolute atomic E-state index is 12.0. The Morgan fingerprint density at radius 3 is 2.60 bits per heavy atom. The highest BCUT2D eigenvalue weighted by Gasteiger charge is 2.14. The molecule has 35 heavy (non-hydrogen) atoms. The number of carbonyl (C=O) groups excluding carboxylic acids is 2. The van der Waals surface area contributed by atoms with E-state index in [2.05, 4.69) is 15.8 Å². The molecular formula is C24H21ClN4O6. The summed E-state index contributed by atoms with van der Waals surface area (Å²) in [4.78, 5) is 34.5. The van der Waals surface area contributed by atoms with Crippen molar-refractivity contribution in [1.82, 2.24) is 5.43 Å². The van der Waals surface area contributed by atoms with Crippen LogP contribution < -0.4 is 20.2 Å². The summed E-state index contributed by atoms with van der Waals surface area (Å²) in [5.74, 6) is -0.823. The number of aryl methyl sites for hydroxylation is 1. The molecule has 0 saturated heterocycles. The van der Waals surface area contributed by atoms with Gasteiger partial charge in [0.15, 0.2) is 0 Å². The average Bonchev–Trinajstić information content (AvgIpc) is 2.82. The number of amides is 2. The zero-order valence-electron chi connectivity index (χ0n) is 18.8. The average molecular weight is 497 g/mol. The van der Waals surface area contributed by atoms with E-state index in [9.17, 15) is 19.7 Å². The molecule has 0 unspecified atom stereocenters. The Balaban J connectivity index is 1.62. The van der Waals surface area contributed by atoms with Crippen LogP contribution in [-0.2, 0) is 16.2 Å². The summed E-state index contributed by atoms with van der Waals surface area (Å²) in [7, 11) is 1.52. The first-order chi connectivity index (χ1) is 16.8. The Morgan fingerprint density at radius 2 is 1.91 bits per heavy atom. The summed E-state index contributed by atoms with van der Waals surface area (Å²) in [5, 5.41) is 17.6. The maximum Gasteiger partial charge on any atom is 0.329 e. The number of hydrogen-bond donors (Lipinski definition) is 2. The first kappa shape index (κ1) is 25.2. The van der Waals surface area contributed by atoms with E-state index in [1.165, 1.54) is 31.5 Å². The fourth-order valence-corrected chi connectivity index (χ4v) is 3.24. The predicted octanol–water partition coefficient (Wildman–Crippen LogP) is 4.23. The standard InChI is InChI=1S/C24H21ClN4O6/c1-15-10-20(7-8-21(15)29(32)33)35-14-17-11-16(6-9-22(17)34-2)13-26-28-24(31)23(30)27-19-5-3-4-18(25)12-19/h3-13H,14H2,1-2H3,(H,27,30)(H,28,31)/b26-13+. The fraction of sp³-hybridized carbons (Fsp3) is 0.125. The van der Waals surface area contributed by atoms with Crippen molar-refractivity contribution in [3.8, 4) is 11.5 Å². The highest BCUT2D eigenvalue weighted by atomic mass is 35.5. The van der Waals surface area contributed by atoms with E-state index in [-0.39, 0.29) is 12.3 Å². The first-order valence-corrected chi connectivity index (χ1v) is 10.6. The molecule has 0 atom stereocenters. The van der Waals surface area contributed by atoms with Crippen molar-refractivity contribution >= 4 is 41.0 Å². The van der Waals surface area contributed by atoms with Crippen LogP contribution in [-0.4, -0.2) is 30.1 Å². The Morgan fingerprint density at radius 1 is 1.11 bits per heavy atom. The number of ether oxygens (including phenoxy) is 2. The van der Waals surface area contributed by atoms with Crippen LogP contribution in [0, 0.1) is 17.0 Å².